The molecule has 0 radical (unpaired) electrons. The molecule has 8 heavy (non-hydrogen) atoms. The second-order valence-electron chi connectivity index (χ2n) is 0.752. The Balaban J connectivity index is 0. The Morgan fingerprint density at radius 1 is 1.75 bits per heavy atom. The molecule has 0 aromatic heterocycles. The minimum Gasteiger partial charge on any atom is -0.450 e. The van der Waals surface area contributed by atoms with E-state index >= 15 is 0 Å². The molecular formula is C3H12N2O2Si. The van der Waals surface area contributed by atoms with Crippen LogP contribution in [0.4, 0.5) is 4.79 Å². The van der Waals surface area contributed by atoms with Crippen molar-refractivity contribution < 1.29 is 9.53 Å². The number of carbonyl (C=O) groups is 1. The van der Waals surface area contributed by atoms with Crippen LogP contribution in [0.1, 0.15) is 6.92 Å². The first-order valence-electron chi connectivity index (χ1n) is 2.27. The van der Waals surface area contributed by atoms with Gasteiger partial charge in [0.25, 0.3) is 0 Å². The van der Waals surface area contributed by atoms with Crippen LogP contribution < -0.4 is 11.1 Å². The van der Waals surface area contributed by atoms with E-state index < -0.39 is 6.09 Å². The van der Waals surface area contributed by atoms with Gasteiger partial charge in [0.1, 0.15) is 0 Å². The summed E-state index contributed by atoms with van der Waals surface area (Å²) in [6, 6.07) is 0. The molecule has 0 bridgehead atoms. The van der Waals surface area contributed by atoms with Gasteiger partial charge < -0.3 is 15.9 Å². The minimum atomic E-state index is -0.711. The van der Waals surface area contributed by atoms with Gasteiger partial charge in [-0.2, -0.15) is 0 Å². The molecule has 0 aromatic carbocycles. The molecule has 50 valence electrons. The van der Waals surface area contributed by atoms with Gasteiger partial charge in [-0.3, -0.25) is 0 Å². The molecule has 0 heterocycles. The Kier molecular flexibility index (Phi) is 12.6. The SMILES string of the molecule is CCOC(N)=O.N[SiH3]. The minimum absolute atomic E-state index is 0.356. The van der Waals surface area contributed by atoms with Gasteiger partial charge in [0.05, 0.1) is 17.0 Å². The summed E-state index contributed by atoms with van der Waals surface area (Å²) >= 11 is 0. The highest BCUT2D eigenvalue weighted by Gasteiger charge is 1.82. The highest BCUT2D eigenvalue weighted by atomic mass is 28.2. The highest BCUT2D eigenvalue weighted by molar-refractivity contribution is 6.02. The Hall–Kier alpha value is -0.553. The maximum atomic E-state index is 9.60. The van der Waals surface area contributed by atoms with Crippen LogP contribution in [-0.2, 0) is 4.74 Å². The Labute approximate surface area is 51.7 Å². The molecule has 5 heteroatoms. The quantitative estimate of drug-likeness (QED) is 0.423. The zero-order chi connectivity index (χ0) is 6.99. The van der Waals surface area contributed by atoms with Gasteiger partial charge in [-0.25, -0.2) is 4.79 Å². The summed E-state index contributed by atoms with van der Waals surface area (Å²) in [5.74, 6) is 0. The molecule has 0 aliphatic rings. The largest absolute Gasteiger partial charge is 0.450 e. The summed E-state index contributed by atoms with van der Waals surface area (Å²) in [6.45, 7) is 2.06. The van der Waals surface area contributed by atoms with Crippen LogP contribution in [0.3, 0.4) is 0 Å². The lowest BCUT2D eigenvalue weighted by atomic mass is 10.9. The van der Waals surface area contributed by atoms with Crippen molar-refractivity contribution in [2.24, 2.45) is 11.1 Å². The summed E-state index contributed by atoms with van der Waals surface area (Å²) in [6.07, 6.45) is -0.711. The van der Waals surface area contributed by atoms with Crippen LogP contribution in [0.2, 0.25) is 0 Å². The lowest BCUT2D eigenvalue weighted by Gasteiger charge is -1.89. The van der Waals surface area contributed by atoms with Crippen molar-refractivity contribution in [3.63, 3.8) is 0 Å². The van der Waals surface area contributed by atoms with E-state index in [1.165, 1.54) is 0 Å². The zero-order valence-electron chi connectivity index (χ0n) is 5.18. The van der Waals surface area contributed by atoms with E-state index in [2.05, 4.69) is 15.9 Å². The second-order valence-corrected chi connectivity index (χ2v) is 0.752. The maximum Gasteiger partial charge on any atom is 0.404 e. The van der Waals surface area contributed by atoms with E-state index in [0.717, 1.165) is 10.4 Å². The summed E-state index contributed by atoms with van der Waals surface area (Å²) in [5.41, 5.74) is 4.54. The molecule has 0 saturated heterocycles. The normalized spacial score (nSPS) is 6.75. The molecule has 0 aliphatic carbocycles. The third-order valence-electron chi connectivity index (χ3n) is 0.287. The Bertz CT molecular complexity index is 59.2. The van der Waals surface area contributed by atoms with Gasteiger partial charge in [-0.05, 0) is 6.92 Å². The van der Waals surface area contributed by atoms with Crippen molar-refractivity contribution >= 4 is 16.5 Å². The lowest BCUT2D eigenvalue weighted by molar-refractivity contribution is 0.163. The molecule has 0 rings (SSSR count). The van der Waals surface area contributed by atoms with Gasteiger partial charge >= 0.3 is 6.09 Å². The maximum absolute atomic E-state index is 9.60. The van der Waals surface area contributed by atoms with Crippen LogP contribution in [0, 0.1) is 0 Å². The monoisotopic (exact) mass is 136 g/mol. The number of hydrogen-bond donors (Lipinski definition) is 2. The van der Waals surface area contributed by atoms with E-state index in [4.69, 9.17) is 0 Å². The fourth-order valence-corrected chi connectivity index (χ4v) is 0.142. The lowest BCUT2D eigenvalue weighted by Crippen LogP contribution is -2.11. The third-order valence-corrected chi connectivity index (χ3v) is 0.287. The molecule has 4 nitrogen and oxygen atoms in total. The molecule has 4 N–H and O–H groups in total. The number of nitrogens with two attached hydrogens (primary N) is 2. The van der Waals surface area contributed by atoms with Crippen molar-refractivity contribution in [3.8, 4) is 0 Å². The molecule has 0 aromatic rings. The standard InChI is InChI=1S/C3H7NO2.H5NSi/c1-2-6-3(4)5;1-2/h2H2,1H3,(H2,4,5);1H2,2H3. The van der Waals surface area contributed by atoms with Gasteiger partial charge in [0, 0.05) is 0 Å². The Morgan fingerprint density at radius 3 is 2.12 bits per heavy atom. The second kappa shape index (κ2) is 9.67. The molecule has 1 amide bonds. The summed E-state index contributed by atoms with van der Waals surface area (Å²) < 4.78 is 4.18. The molecule has 0 spiro atoms. The van der Waals surface area contributed by atoms with E-state index in [9.17, 15) is 4.79 Å². The van der Waals surface area contributed by atoms with Crippen LogP contribution in [0.25, 0.3) is 0 Å². The van der Waals surface area contributed by atoms with Crippen LogP contribution >= 0.6 is 0 Å². The molecule has 0 atom stereocenters. The number of hydrogen-bond acceptors (Lipinski definition) is 3. The first-order valence-corrected chi connectivity index (χ1v) is 3.42. The number of primary amides is 1. The van der Waals surface area contributed by atoms with Gasteiger partial charge in [0.15, 0.2) is 0 Å². The van der Waals surface area contributed by atoms with E-state index in [0.29, 0.717) is 6.61 Å². The Morgan fingerprint density at radius 2 is 2.12 bits per heavy atom. The van der Waals surface area contributed by atoms with Crippen molar-refractivity contribution in [1.29, 1.82) is 0 Å². The smallest absolute Gasteiger partial charge is 0.404 e. The van der Waals surface area contributed by atoms with Crippen LogP contribution in [0.15, 0.2) is 0 Å². The number of carbonyl (C=O) groups excluding carboxylic acids is 1. The molecular weight excluding hydrogens is 124 g/mol. The van der Waals surface area contributed by atoms with Crippen molar-refractivity contribution in [2.75, 3.05) is 6.61 Å². The summed E-state index contributed by atoms with van der Waals surface area (Å²) in [4.78, 5) is 9.60. The van der Waals surface area contributed by atoms with Crippen LogP contribution in [0.5, 0.6) is 0 Å². The van der Waals surface area contributed by atoms with Crippen molar-refractivity contribution in [3.05, 3.63) is 0 Å². The van der Waals surface area contributed by atoms with Gasteiger partial charge in [-0.15, -0.1) is 0 Å². The predicted octanol–water partition coefficient (Wildman–Crippen LogP) is -1.67. The molecule has 0 fully saturated rings. The summed E-state index contributed by atoms with van der Waals surface area (Å²) in [5, 5.41) is 4.64. The third kappa shape index (κ3) is 18.0. The van der Waals surface area contributed by atoms with Crippen molar-refractivity contribution in [2.45, 2.75) is 6.92 Å². The first-order chi connectivity index (χ1) is 3.77. The zero-order valence-corrected chi connectivity index (χ0v) is 7.18. The van der Waals surface area contributed by atoms with Gasteiger partial charge in [0.2, 0.25) is 0 Å². The summed E-state index contributed by atoms with van der Waals surface area (Å²) in [7, 11) is 0.806. The average molecular weight is 136 g/mol. The van der Waals surface area contributed by atoms with E-state index in [-0.39, 0.29) is 0 Å². The predicted molar refractivity (Wildman–Crippen MR) is 35.3 cm³/mol. The highest BCUT2D eigenvalue weighted by Crippen LogP contribution is 1.66. The van der Waals surface area contributed by atoms with Crippen molar-refractivity contribution in [1.82, 2.24) is 0 Å². The topological polar surface area (TPSA) is 78.3 Å². The molecule has 0 saturated carbocycles. The number of amides is 1. The number of rotatable bonds is 1. The molecule has 0 aliphatic heterocycles. The van der Waals surface area contributed by atoms with E-state index in [1.807, 2.05) is 0 Å². The fraction of sp³-hybridized carbons (Fsp3) is 0.667. The fourth-order valence-electron chi connectivity index (χ4n) is 0.142. The van der Waals surface area contributed by atoms with Crippen LogP contribution in [-0.4, -0.2) is 23.1 Å². The average Bonchev–Trinajstić information content (AvgIpc) is 1.72. The first kappa shape index (κ1) is 10.4. The van der Waals surface area contributed by atoms with E-state index in [1.54, 1.807) is 6.92 Å². The molecule has 0 unspecified atom stereocenters. The van der Waals surface area contributed by atoms with Gasteiger partial charge in [-0.1, -0.05) is 0 Å². The number of ether oxygens (including phenoxy) is 1.